The van der Waals surface area contributed by atoms with Gasteiger partial charge in [-0.15, -0.1) is 0 Å². The lowest BCUT2D eigenvalue weighted by atomic mass is 10.0. The van der Waals surface area contributed by atoms with Crippen molar-refractivity contribution in [1.29, 1.82) is 0 Å². The van der Waals surface area contributed by atoms with E-state index >= 15 is 0 Å². The molecular formula is C16H23N3O2S. The highest BCUT2D eigenvalue weighted by atomic mass is 32.2. The zero-order valence-electron chi connectivity index (χ0n) is 12.7. The van der Waals surface area contributed by atoms with Gasteiger partial charge in [-0.1, -0.05) is 24.3 Å². The van der Waals surface area contributed by atoms with Crippen LogP contribution in [0.15, 0.2) is 24.3 Å². The van der Waals surface area contributed by atoms with Crippen LogP contribution in [0, 0.1) is 0 Å². The summed E-state index contributed by atoms with van der Waals surface area (Å²) in [6.45, 7) is 1.06. The maximum absolute atomic E-state index is 12.7. The van der Waals surface area contributed by atoms with Gasteiger partial charge in [0, 0.05) is 31.2 Å². The summed E-state index contributed by atoms with van der Waals surface area (Å²) < 4.78 is 29.9. The summed E-state index contributed by atoms with van der Waals surface area (Å²) in [5.74, 6) is 0. The van der Waals surface area contributed by atoms with Gasteiger partial charge in [-0.05, 0) is 43.2 Å². The highest BCUT2D eigenvalue weighted by Crippen LogP contribution is 2.28. The molecule has 2 atom stereocenters. The highest BCUT2D eigenvalue weighted by molar-refractivity contribution is 7.87. The Morgan fingerprint density at radius 2 is 1.77 bits per heavy atom. The number of benzene rings is 1. The molecule has 3 aliphatic heterocycles. The van der Waals surface area contributed by atoms with Crippen LogP contribution in [-0.4, -0.2) is 37.4 Å². The summed E-state index contributed by atoms with van der Waals surface area (Å²) >= 11 is 0. The number of nitrogens with one attached hydrogen (secondary N) is 2. The van der Waals surface area contributed by atoms with Crippen molar-refractivity contribution in [3.63, 3.8) is 0 Å². The van der Waals surface area contributed by atoms with Crippen molar-refractivity contribution in [3.8, 4) is 0 Å². The highest BCUT2D eigenvalue weighted by Gasteiger charge is 2.36. The predicted molar refractivity (Wildman–Crippen MR) is 85.6 cm³/mol. The Bertz CT molecular complexity index is 649. The largest absolute Gasteiger partial charge is 0.311 e. The molecular weight excluding hydrogens is 298 g/mol. The second-order valence-electron chi connectivity index (χ2n) is 6.78. The molecule has 22 heavy (non-hydrogen) atoms. The summed E-state index contributed by atoms with van der Waals surface area (Å²) in [5.41, 5.74) is 2.40. The second-order valence-corrected chi connectivity index (χ2v) is 8.48. The van der Waals surface area contributed by atoms with Gasteiger partial charge < -0.3 is 5.32 Å². The Balaban J connectivity index is 1.45. The molecule has 2 bridgehead atoms. The van der Waals surface area contributed by atoms with Crippen molar-refractivity contribution in [2.75, 3.05) is 6.54 Å². The molecule has 4 rings (SSSR count). The zero-order chi connectivity index (χ0) is 15.2. The summed E-state index contributed by atoms with van der Waals surface area (Å²) in [6, 6.07) is 9.20. The number of rotatable bonds is 3. The molecule has 120 valence electrons. The molecule has 5 nitrogen and oxygen atoms in total. The third kappa shape index (κ3) is 2.80. The molecule has 2 unspecified atom stereocenters. The van der Waals surface area contributed by atoms with E-state index in [4.69, 9.17) is 0 Å². The van der Waals surface area contributed by atoms with Gasteiger partial charge in [0.05, 0.1) is 0 Å². The number of fused-ring (bicyclic) bond motifs is 3. The number of hydrogen-bond donors (Lipinski definition) is 2. The lowest BCUT2D eigenvalue weighted by Gasteiger charge is -2.33. The van der Waals surface area contributed by atoms with E-state index in [0.717, 1.165) is 24.8 Å². The minimum atomic E-state index is -3.39. The lowest BCUT2D eigenvalue weighted by Crippen LogP contribution is -2.52. The third-order valence-corrected chi connectivity index (χ3v) is 6.85. The smallest absolute Gasteiger partial charge is 0.280 e. The van der Waals surface area contributed by atoms with Gasteiger partial charge in [0.15, 0.2) is 0 Å². The Labute approximate surface area is 132 Å². The van der Waals surface area contributed by atoms with Crippen LogP contribution < -0.4 is 10.0 Å². The molecule has 3 heterocycles. The van der Waals surface area contributed by atoms with Crippen molar-refractivity contribution in [2.24, 2.45) is 0 Å². The van der Waals surface area contributed by atoms with Gasteiger partial charge in [0.1, 0.15) is 0 Å². The third-order valence-electron chi connectivity index (χ3n) is 5.22. The van der Waals surface area contributed by atoms with Crippen molar-refractivity contribution < 1.29 is 8.42 Å². The fourth-order valence-corrected chi connectivity index (χ4v) is 5.52. The molecule has 0 radical (unpaired) electrons. The molecule has 2 saturated heterocycles. The molecule has 3 aliphatic rings. The van der Waals surface area contributed by atoms with E-state index in [-0.39, 0.29) is 6.04 Å². The van der Waals surface area contributed by atoms with Crippen molar-refractivity contribution in [3.05, 3.63) is 35.4 Å². The quantitative estimate of drug-likeness (QED) is 0.878. The van der Waals surface area contributed by atoms with E-state index in [9.17, 15) is 8.42 Å². The van der Waals surface area contributed by atoms with Gasteiger partial charge in [0.2, 0.25) is 0 Å². The topological polar surface area (TPSA) is 61.4 Å². The van der Waals surface area contributed by atoms with Crippen molar-refractivity contribution in [2.45, 2.75) is 56.8 Å². The molecule has 0 aliphatic carbocycles. The molecule has 0 aromatic heterocycles. The van der Waals surface area contributed by atoms with E-state index in [2.05, 4.69) is 16.1 Å². The first kappa shape index (κ1) is 14.6. The van der Waals surface area contributed by atoms with Gasteiger partial charge in [0.25, 0.3) is 10.2 Å². The summed E-state index contributed by atoms with van der Waals surface area (Å²) in [7, 11) is -3.39. The van der Waals surface area contributed by atoms with Gasteiger partial charge in [-0.25, -0.2) is 0 Å². The van der Waals surface area contributed by atoms with Gasteiger partial charge in [-0.3, -0.25) is 0 Å². The van der Waals surface area contributed by atoms with Crippen molar-refractivity contribution >= 4 is 10.2 Å². The van der Waals surface area contributed by atoms with E-state index in [0.29, 0.717) is 25.2 Å². The minimum absolute atomic E-state index is 0.0842. The monoisotopic (exact) mass is 321 g/mol. The molecule has 2 fully saturated rings. The Morgan fingerprint density at radius 3 is 2.50 bits per heavy atom. The van der Waals surface area contributed by atoms with E-state index < -0.39 is 10.2 Å². The number of piperidine rings is 1. The fourth-order valence-electron chi connectivity index (χ4n) is 4.11. The summed E-state index contributed by atoms with van der Waals surface area (Å²) in [6.07, 6.45) is 4.99. The molecule has 0 spiro atoms. The Hall–Kier alpha value is -0.950. The Morgan fingerprint density at radius 1 is 1.09 bits per heavy atom. The SMILES string of the molecule is O=S(=O)(NC1CC2CCC(C1)N2)N1CCc2ccccc2C1. The van der Waals surface area contributed by atoms with E-state index in [1.165, 1.54) is 18.4 Å². The minimum Gasteiger partial charge on any atom is -0.311 e. The maximum atomic E-state index is 12.7. The average molecular weight is 321 g/mol. The summed E-state index contributed by atoms with van der Waals surface area (Å²) in [4.78, 5) is 0. The second kappa shape index (κ2) is 5.60. The molecule has 6 heteroatoms. The Kier molecular flexibility index (Phi) is 3.72. The van der Waals surface area contributed by atoms with Crippen LogP contribution in [0.2, 0.25) is 0 Å². The number of nitrogens with zero attached hydrogens (tertiary/aromatic N) is 1. The molecule has 1 aromatic rings. The van der Waals surface area contributed by atoms with Crippen LogP contribution in [0.3, 0.4) is 0 Å². The average Bonchev–Trinajstić information content (AvgIpc) is 2.85. The molecule has 1 aromatic carbocycles. The standard InChI is InChI=1S/C16H23N3O2S/c20-22(21,18-16-9-14-5-6-15(10-16)17-14)19-8-7-12-3-1-2-4-13(12)11-19/h1-4,14-18H,5-11H2. The molecule has 2 N–H and O–H groups in total. The van der Waals surface area contributed by atoms with Crippen LogP contribution in [0.25, 0.3) is 0 Å². The van der Waals surface area contributed by atoms with Crippen LogP contribution in [0.4, 0.5) is 0 Å². The summed E-state index contributed by atoms with van der Waals surface area (Å²) in [5, 5.41) is 3.55. The first-order chi connectivity index (χ1) is 10.6. The fraction of sp³-hybridized carbons (Fsp3) is 0.625. The van der Waals surface area contributed by atoms with Crippen molar-refractivity contribution in [1.82, 2.24) is 14.3 Å². The molecule has 0 saturated carbocycles. The van der Waals surface area contributed by atoms with Gasteiger partial charge in [-0.2, -0.15) is 17.4 Å². The van der Waals surface area contributed by atoms with E-state index in [1.807, 2.05) is 18.2 Å². The zero-order valence-corrected chi connectivity index (χ0v) is 13.5. The van der Waals surface area contributed by atoms with E-state index in [1.54, 1.807) is 4.31 Å². The molecule has 0 amide bonds. The number of hydrogen-bond acceptors (Lipinski definition) is 3. The first-order valence-corrected chi connectivity index (χ1v) is 9.64. The normalized spacial score (nSPS) is 31.9. The van der Waals surface area contributed by atoms with Gasteiger partial charge >= 0.3 is 0 Å². The predicted octanol–water partition coefficient (Wildman–Crippen LogP) is 1.16. The van der Waals surface area contributed by atoms with Crippen LogP contribution >= 0.6 is 0 Å². The lowest BCUT2D eigenvalue weighted by molar-refractivity contribution is 0.328. The van der Waals surface area contributed by atoms with Crippen LogP contribution in [-0.2, 0) is 23.2 Å². The van der Waals surface area contributed by atoms with Crippen LogP contribution in [0.1, 0.15) is 36.8 Å². The maximum Gasteiger partial charge on any atom is 0.280 e. The first-order valence-electron chi connectivity index (χ1n) is 8.20. The van der Waals surface area contributed by atoms with Crippen LogP contribution in [0.5, 0.6) is 0 Å².